The van der Waals surface area contributed by atoms with E-state index in [9.17, 15) is 0 Å². The molecule has 20 heavy (non-hydrogen) atoms. The van der Waals surface area contributed by atoms with Crippen LogP contribution in [0.15, 0.2) is 58.4 Å². The second-order valence-electron chi connectivity index (χ2n) is 5.14. The number of thioether (sulfide) groups is 1. The van der Waals surface area contributed by atoms with Gasteiger partial charge < -0.3 is 4.74 Å². The van der Waals surface area contributed by atoms with Gasteiger partial charge in [0.1, 0.15) is 12.1 Å². The van der Waals surface area contributed by atoms with Crippen LogP contribution in [0, 0.1) is 0 Å². The Hall–Kier alpha value is -1.74. The first kappa shape index (κ1) is 12.0. The summed E-state index contributed by atoms with van der Waals surface area (Å²) in [7, 11) is 0. The molecule has 4 rings (SSSR count). The molecule has 0 saturated carbocycles. The van der Waals surface area contributed by atoms with Crippen molar-refractivity contribution in [1.29, 1.82) is 0 Å². The molecule has 1 aliphatic heterocycles. The van der Waals surface area contributed by atoms with E-state index < -0.39 is 0 Å². The number of ether oxygens (including phenoxy) is 1. The summed E-state index contributed by atoms with van der Waals surface area (Å²) in [6.07, 6.45) is 3.23. The molecule has 0 radical (unpaired) electrons. The lowest BCUT2D eigenvalue weighted by molar-refractivity contribution is 0.206. The highest BCUT2D eigenvalue weighted by Crippen LogP contribution is 2.41. The SMILES string of the molecule is CSc1ccccc1C1=N[C@H]2c3ccccc3C[C@H]2O1. The van der Waals surface area contributed by atoms with Crippen molar-refractivity contribution in [1.82, 2.24) is 0 Å². The van der Waals surface area contributed by atoms with Gasteiger partial charge in [0, 0.05) is 16.9 Å². The van der Waals surface area contributed by atoms with Gasteiger partial charge in [0.25, 0.3) is 0 Å². The second-order valence-corrected chi connectivity index (χ2v) is 5.99. The highest BCUT2D eigenvalue weighted by atomic mass is 32.2. The average Bonchev–Trinajstić information content (AvgIpc) is 3.04. The molecule has 1 aliphatic carbocycles. The van der Waals surface area contributed by atoms with Crippen molar-refractivity contribution in [3.8, 4) is 0 Å². The second kappa shape index (κ2) is 4.67. The zero-order chi connectivity index (χ0) is 13.5. The Kier molecular flexibility index (Phi) is 2.81. The normalized spacial score (nSPS) is 22.9. The third-order valence-electron chi connectivity index (χ3n) is 4.00. The molecule has 0 N–H and O–H groups in total. The van der Waals surface area contributed by atoms with Crippen LogP contribution in [0.5, 0.6) is 0 Å². The maximum atomic E-state index is 6.13. The van der Waals surface area contributed by atoms with Crippen LogP contribution in [0.4, 0.5) is 0 Å². The summed E-state index contributed by atoms with van der Waals surface area (Å²) in [5, 5.41) is 0. The Morgan fingerprint density at radius 3 is 2.80 bits per heavy atom. The van der Waals surface area contributed by atoms with Crippen molar-refractivity contribution in [2.45, 2.75) is 23.5 Å². The van der Waals surface area contributed by atoms with E-state index in [4.69, 9.17) is 9.73 Å². The van der Waals surface area contributed by atoms with E-state index >= 15 is 0 Å². The first-order chi connectivity index (χ1) is 9.86. The van der Waals surface area contributed by atoms with Gasteiger partial charge >= 0.3 is 0 Å². The van der Waals surface area contributed by atoms with Crippen LogP contribution in [0.3, 0.4) is 0 Å². The number of benzene rings is 2. The van der Waals surface area contributed by atoms with Crippen LogP contribution < -0.4 is 0 Å². The van der Waals surface area contributed by atoms with Gasteiger partial charge in [-0.3, -0.25) is 0 Å². The minimum Gasteiger partial charge on any atom is -0.471 e. The first-order valence-electron chi connectivity index (χ1n) is 6.82. The van der Waals surface area contributed by atoms with E-state index in [1.54, 1.807) is 11.8 Å². The minimum atomic E-state index is 0.177. The van der Waals surface area contributed by atoms with Crippen LogP contribution in [-0.4, -0.2) is 18.3 Å². The monoisotopic (exact) mass is 281 g/mol. The third-order valence-corrected chi connectivity index (χ3v) is 4.80. The van der Waals surface area contributed by atoms with E-state index in [2.05, 4.69) is 48.7 Å². The molecular weight excluding hydrogens is 266 g/mol. The van der Waals surface area contributed by atoms with E-state index in [0.29, 0.717) is 0 Å². The van der Waals surface area contributed by atoms with E-state index in [1.165, 1.54) is 16.0 Å². The molecular formula is C17H15NOS. The van der Waals surface area contributed by atoms with Gasteiger partial charge in [-0.1, -0.05) is 36.4 Å². The van der Waals surface area contributed by atoms with Crippen molar-refractivity contribution in [2.75, 3.05) is 6.26 Å². The highest BCUT2D eigenvalue weighted by molar-refractivity contribution is 7.98. The fourth-order valence-electron chi connectivity index (χ4n) is 3.05. The third kappa shape index (κ3) is 1.77. The van der Waals surface area contributed by atoms with Gasteiger partial charge in [-0.05, 0) is 29.5 Å². The van der Waals surface area contributed by atoms with Gasteiger partial charge in [0.2, 0.25) is 5.90 Å². The topological polar surface area (TPSA) is 21.6 Å². The summed E-state index contributed by atoms with van der Waals surface area (Å²) < 4.78 is 6.13. The van der Waals surface area contributed by atoms with E-state index in [-0.39, 0.29) is 12.1 Å². The molecule has 3 heteroatoms. The van der Waals surface area contributed by atoms with Crippen LogP contribution in [0.2, 0.25) is 0 Å². The molecule has 0 amide bonds. The zero-order valence-corrected chi connectivity index (χ0v) is 12.1. The number of nitrogens with zero attached hydrogens (tertiary/aromatic N) is 1. The van der Waals surface area contributed by atoms with E-state index in [1.807, 2.05) is 6.07 Å². The molecule has 1 heterocycles. The van der Waals surface area contributed by atoms with Gasteiger partial charge in [0.15, 0.2) is 0 Å². The molecule has 0 unspecified atom stereocenters. The smallest absolute Gasteiger partial charge is 0.218 e. The molecule has 0 bridgehead atoms. The maximum absolute atomic E-state index is 6.13. The highest BCUT2D eigenvalue weighted by Gasteiger charge is 2.39. The standard InChI is InChI=1S/C17H15NOS/c1-20-15-9-5-4-8-13(15)17-18-16-12-7-3-2-6-11(12)10-14(16)19-17/h2-9,14,16H,10H2,1H3/t14-,16+/m1/s1. The summed E-state index contributed by atoms with van der Waals surface area (Å²) in [4.78, 5) is 6.07. The van der Waals surface area contributed by atoms with Crippen molar-refractivity contribution in [2.24, 2.45) is 4.99 Å². The summed E-state index contributed by atoms with van der Waals surface area (Å²) >= 11 is 1.74. The largest absolute Gasteiger partial charge is 0.471 e. The van der Waals surface area contributed by atoms with Crippen molar-refractivity contribution < 1.29 is 4.74 Å². The minimum absolute atomic E-state index is 0.177. The lowest BCUT2D eigenvalue weighted by Gasteiger charge is -2.10. The van der Waals surface area contributed by atoms with Crippen LogP contribution in [-0.2, 0) is 11.2 Å². The van der Waals surface area contributed by atoms with Crippen LogP contribution in [0.1, 0.15) is 22.7 Å². The Bertz CT molecular complexity index is 695. The Morgan fingerprint density at radius 1 is 1.10 bits per heavy atom. The molecule has 0 spiro atoms. The van der Waals surface area contributed by atoms with Crippen LogP contribution in [0.25, 0.3) is 0 Å². The van der Waals surface area contributed by atoms with Crippen molar-refractivity contribution in [3.63, 3.8) is 0 Å². The molecule has 2 nitrogen and oxygen atoms in total. The Morgan fingerprint density at radius 2 is 1.90 bits per heavy atom. The molecule has 100 valence electrons. The fourth-order valence-corrected chi connectivity index (χ4v) is 3.64. The zero-order valence-electron chi connectivity index (χ0n) is 11.2. The van der Waals surface area contributed by atoms with Gasteiger partial charge in [-0.25, -0.2) is 4.99 Å². The van der Waals surface area contributed by atoms with E-state index in [0.717, 1.165) is 17.9 Å². The molecule has 0 saturated heterocycles. The molecule has 2 aliphatic rings. The summed E-state index contributed by atoms with van der Waals surface area (Å²) in [5.41, 5.74) is 3.82. The van der Waals surface area contributed by atoms with Crippen molar-refractivity contribution >= 4 is 17.7 Å². The van der Waals surface area contributed by atoms with Gasteiger partial charge in [0.05, 0.1) is 0 Å². The molecule has 2 atom stereocenters. The molecule has 2 aromatic carbocycles. The predicted octanol–water partition coefficient (Wildman–Crippen LogP) is 3.85. The summed E-state index contributed by atoms with van der Waals surface area (Å²) in [5.74, 6) is 0.805. The summed E-state index contributed by atoms with van der Waals surface area (Å²) in [6.45, 7) is 0. The lowest BCUT2D eigenvalue weighted by atomic mass is 10.1. The van der Waals surface area contributed by atoms with Crippen LogP contribution >= 0.6 is 11.8 Å². The number of hydrogen-bond acceptors (Lipinski definition) is 3. The fraction of sp³-hybridized carbons (Fsp3) is 0.235. The average molecular weight is 281 g/mol. The maximum Gasteiger partial charge on any atom is 0.218 e. The first-order valence-corrected chi connectivity index (χ1v) is 8.05. The lowest BCUT2D eigenvalue weighted by Crippen LogP contribution is -2.13. The molecule has 0 aromatic heterocycles. The van der Waals surface area contributed by atoms with Gasteiger partial charge in [-0.2, -0.15) is 0 Å². The quantitative estimate of drug-likeness (QED) is 0.780. The number of rotatable bonds is 2. The molecule has 0 fully saturated rings. The predicted molar refractivity (Wildman–Crippen MR) is 82.5 cm³/mol. The molecule has 2 aromatic rings. The number of fused-ring (bicyclic) bond motifs is 3. The Balaban J connectivity index is 1.74. The number of hydrogen-bond donors (Lipinski definition) is 0. The summed E-state index contributed by atoms with van der Waals surface area (Å²) in [6, 6.07) is 17.0. The van der Waals surface area contributed by atoms with Crippen molar-refractivity contribution in [3.05, 3.63) is 65.2 Å². The van der Waals surface area contributed by atoms with Gasteiger partial charge in [-0.15, -0.1) is 11.8 Å². The Labute approximate surface area is 122 Å². The number of aliphatic imine (C=N–C) groups is 1.